The van der Waals surface area contributed by atoms with Gasteiger partial charge >= 0.3 is 0 Å². The first kappa shape index (κ1) is 11.8. The summed E-state index contributed by atoms with van der Waals surface area (Å²) >= 11 is 2.05. The first-order chi connectivity index (χ1) is 7.68. The quantitative estimate of drug-likeness (QED) is 0.856. The number of nitrogens with zero attached hydrogens (tertiary/aromatic N) is 1. The van der Waals surface area contributed by atoms with Gasteiger partial charge in [-0.25, -0.2) is 0 Å². The van der Waals surface area contributed by atoms with Gasteiger partial charge in [-0.3, -0.25) is 0 Å². The molecule has 1 fully saturated rings. The highest BCUT2D eigenvalue weighted by atomic mass is 32.2. The fourth-order valence-electron chi connectivity index (χ4n) is 2.08. The molecule has 1 heterocycles. The molecule has 0 amide bonds. The average molecular weight is 236 g/mol. The third kappa shape index (κ3) is 2.53. The van der Waals surface area contributed by atoms with Gasteiger partial charge in [0.2, 0.25) is 0 Å². The summed E-state index contributed by atoms with van der Waals surface area (Å²) in [6.45, 7) is 5.48. The number of nitrogens with two attached hydrogens (primary N) is 1. The van der Waals surface area contributed by atoms with E-state index in [0.717, 1.165) is 6.54 Å². The summed E-state index contributed by atoms with van der Waals surface area (Å²) in [4.78, 5) is 2.49. The molecule has 0 saturated carbocycles. The van der Waals surface area contributed by atoms with Crippen molar-refractivity contribution in [2.24, 2.45) is 5.73 Å². The molecule has 3 heteroatoms. The summed E-state index contributed by atoms with van der Waals surface area (Å²) in [6.07, 6.45) is 0. The van der Waals surface area contributed by atoms with E-state index in [1.54, 1.807) is 0 Å². The molecule has 0 radical (unpaired) electrons. The Hall–Kier alpha value is -0.670. The van der Waals surface area contributed by atoms with Gasteiger partial charge in [0.05, 0.1) is 0 Å². The van der Waals surface area contributed by atoms with Crippen molar-refractivity contribution in [2.45, 2.75) is 25.9 Å². The first-order valence-corrected chi connectivity index (χ1v) is 7.04. The second kappa shape index (κ2) is 5.11. The zero-order chi connectivity index (χ0) is 11.5. The fraction of sp³-hybridized carbons (Fsp3) is 0.538. The molecule has 0 aliphatic carbocycles. The Morgan fingerprint density at radius 3 is 2.62 bits per heavy atom. The van der Waals surface area contributed by atoms with E-state index < -0.39 is 0 Å². The molecular weight excluding hydrogens is 216 g/mol. The van der Waals surface area contributed by atoms with E-state index in [9.17, 15) is 0 Å². The molecule has 2 rings (SSSR count). The summed E-state index contributed by atoms with van der Waals surface area (Å²) < 4.78 is 0. The Labute approximate surface area is 102 Å². The number of hydrogen-bond acceptors (Lipinski definition) is 3. The molecule has 1 aromatic rings. The van der Waals surface area contributed by atoms with Crippen LogP contribution in [0.3, 0.4) is 0 Å². The number of hydrogen-bond donors (Lipinski definition) is 1. The Morgan fingerprint density at radius 1 is 1.38 bits per heavy atom. The molecule has 1 saturated heterocycles. The van der Waals surface area contributed by atoms with Crippen molar-refractivity contribution >= 4 is 17.4 Å². The Bertz CT molecular complexity index is 334. The number of anilines is 1. The molecule has 1 unspecified atom stereocenters. The van der Waals surface area contributed by atoms with Crippen LogP contribution in [0.5, 0.6) is 0 Å². The SMILES string of the molecule is CC1CSCCN1c1ccc([C@@H](C)N)cc1. The van der Waals surface area contributed by atoms with Gasteiger partial charge in [0, 0.05) is 35.8 Å². The van der Waals surface area contributed by atoms with E-state index >= 15 is 0 Å². The van der Waals surface area contributed by atoms with Crippen LogP contribution in [0.2, 0.25) is 0 Å². The third-order valence-corrected chi connectivity index (χ3v) is 4.31. The van der Waals surface area contributed by atoms with Crippen molar-refractivity contribution < 1.29 is 0 Å². The Kier molecular flexibility index (Phi) is 3.77. The van der Waals surface area contributed by atoms with Crippen LogP contribution < -0.4 is 10.6 Å². The first-order valence-electron chi connectivity index (χ1n) is 5.88. The van der Waals surface area contributed by atoms with Crippen LogP contribution in [0.1, 0.15) is 25.5 Å². The molecule has 2 N–H and O–H groups in total. The number of benzene rings is 1. The molecule has 2 atom stereocenters. The van der Waals surface area contributed by atoms with Gasteiger partial charge in [-0.2, -0.15) is 11.8 Å². The normalized spacial score (nSPS) is 23.2. The maximum atomic E-state index is 5.85. The number of rotatable bonds is 2. The van der Waals surface area contributed by atoms with E-state index in [1.165, 1.54) is 22.8 Å². The molecule has 16 heavy (non-hydrogen) atoms. The summed E-state index contributed by atoms with van der Waals surface area (Å²) in [6, 6.07) is 9.46. The highest BCUT2D eigenvalue weighted by Gasteiger charge is 2.18. The smallest absolute Gasteiger partial charge is 0.0369 e. The Morgan fingerprint density at radius 2 is 2.06 bits per heavy atom. The molecular formula is C13H20N2S. The molecule has 1 aliphatic rings. The van der Waals surface area contributed by atoms with Crippen LogP contribution in [0.4, 0.5) is 5.69 Å². The molecule has 88 valence electrons. The highest BCUT2D eigenvalue weighted by molar-refractivity contribution is 7.99. The highest BCUT2D eigenvalue weighted by Crippen LogP contribution is 2.24. The van der Waals surface area contributed by atoms with Crippen molar-refractivity contribution in [1.29, 1.82) is 0 Å². The van der Waals surface area contributed by atoms with Gasteiger partial charge in [0.25, 0.3) is 0 Å². The summed E-state index contributed by atoms with van der Waals surface area (Å²) in [5.41, 5.74) is 8.39. The lowest BCUT2D eigenvalue weighted by atomic mass is 10.1. The predicted molar refractivity (Wildman–Crippen MR) is 73.2 cm³/mol. The van der Waals surface area contributed by atoms with Crippen molar-refractivity contribution in [3.8, 4) is 0 Å². The summed E-state index contributed by atoms with van der Waals surface area (Å²) in [7, 11) is 0. The van der Waals surface area contributed by atoms with E-state index in [1.807, 2.05) is 18.7 Å². The van der Waals surface area contributed by atoms with Crippen LogP contribution in [0, 0.1) is 0 Å². The molecule has 1 aromatic carbocycles. The largest absolute Gasteiger partial charge is 0.367 e. The standard InChI is InChI=1S/C13H20N2S/c1-10-9-16-8-7-15(10)13-5-3-12(4-6-13)11(2)14/h3-6,10-11H,7-9,14H2,1-2H3/t10?,11-/m1/s1. The summed E-state index contributed by atoms with van der Waals surface area (Å²) in [5.74, 6) is 2.47. The second-order valence-electron chi connectivity index (χ2n) is 4.50. The molecule has 0 bridgehead atoms. The molecule has 0 aromatic heterocycles. The van der Waals surface area contributed by atoms with Gasteiger partial charge in [-0.05, 0) is 31.5 Å². The van der Waals surface area contributed by atoms with Gasteiger partial charge in [0.1, 0.15) is 0 Å². The van der Waals surface area contributed by atoms with E-state index in [0.29, 0.717) is 6.04 Å². The minimum atomic E-state index is 0.128. The van der Waals surface area contributed by atoms with Crippen LogP contribution in [-0.2, 0) is 0 Å². The van der Waals surface area contributed by atoms with E-state index in [-0.39, 0.29) is 6.04 Å². The second-order valence-corrected chi connectivity index (χ2v) is 5.65. The summed E-state index contributed by atoms with van der Waals surface area (Å²) in [5, 5.41) is 0. The predicted octanol–water partition coefficient (Wildman–Crippen LogP) is 2.65. The molecule has 1 aliphatic heterocycles. The van der Waals surface area contributed by atoms with E-state index in [4.69, 9.17) is 5.73 Å². The topological polar surface area (TPSA) is 29.3 Å². The van der Waals surface area contributed by atoms with Crippen LogP contribution in [0.25, 0.3) is 0 Å². The fourth-order valence-corrected chi connectivity index (χ4v) is 3.09. The van der Waals surface area contributed by atoms with Crippen LogP contribution >= 0.6 is 11.8 Å². The van der Waals surface area contributed by atoms with Gasteiger partial charge in [-0.15, -0.1) is 0 Å². The third-order valence-electron chi connectivity index (χ3n) is 3.12. The van der Waals surface area contributed by atoms with Crippen LogP contribution in [0.15, 0.2) is 24.3 Å². The number of thioether (sulfide) groups is 1. The molecule has 2 nitrogen and oxygen atoms in total. The minimum Gasteiger partial charge on any atom is -0.367 e. The van der Waals surface area contributed by atoms with Gasteiger partial charge in [0.15, 0.2) is 0 Å². The average Bonchev–Trinajstić information content (AvgIpc) is 2.30. The molecule has 0 spiro atoms. The lowest BCUT2D eigenvalue weighted by molar-refractivity contribution is 0.699. The maximum absolute atomic E-state index is 5.85. The minimum absolute atomic E-state index is 0.128. The Balaban J connectivity index is 2.14. The van der Waals surface area contributed by atoms with Crippen molar-refractivity contribution in [2.75, 3.05) is 23.0 Å². The zero-order valence-corrected chi connectivity index (χ0v) is 10.8. The van der Waals surface area contributed by atoms with E-state index in [2.05, 4.69) is 36.1 Å². The van der Waals surface area contributed by atoms with Gasteiger partial charge < -0.3 is 10.6 Å². The zero-order valence-electron chi connectivity index (χ0n) is 10.0. The van der Waals surface area contributed by atoms with Crippen molar-refractivity contribution in [1.82, 2.24) is 0 Å². The lowest BCUT2D eigenvalue weighted by Gasteiger charge is -2.35. The maximum Gasteiger partial charge on any atom is 0.0369 e. The van der Waals surface area contributed by atoms with Gasteiger partial charge in [-0.1, -0.05) is 12.1 Å². The van der Waals surface area contributed by atoms with Crippen LogP contribution in [-0.4, -0.2) is 24.1 Å². The monoisotopic (exact) mass is 236 g/mol. The van der Waals surface area contributed by atoms with Crippen molar-refractivity contribution in [3.05, 3.63) is 29.8 Å². The lowest BCUT2D eigenvalue weighted by Crippen LogP contribution is -2.40. The van der Waals surface area contributed by atoms with Crippen molar-refractivity contribution in [3.63, 3.8) is 0 Å².